The van der Waals surface area contributed by atoms with E-state index < -0.39 is 5.97 Å². The second kappa shape index (κ2) is 12.5. The lowest BCUT2D eigenvalue weighted by Gasteiger charge is -2.16. The van der Waals surface area contributed by atoms with Gasteiger partial charge in [0.1, 0.15) is 0 Å². The zero-order valence-corrected chi connectivity index (χ0v) is 14.6. The van der Waals surface area contributed by atoms with Gasteiger partial charge in [-0.2, -0.15) is 0 Å². The summed E-state index contributed by atoms with van der Waals surface area (Å²) in [5.74, 6) is -0.647. The van der Waals surface area contributed by atoms with Crippen molar-refractivity contribution in [2.75, 3.05) is 13.6 Å². The molecular formula is C19H30N2O3. The van der Waals surface area contributed by atoms with Gasteiger partial charge in [0.25, 0.3) is 0 Å². The van der Waals surface area contributed by atoms with Crippen LogP contribution in [-0.4, -0.2) is 36.6 Å². The fourth-order valence-electron chi connectivity index (χ4n) is 2.62. The van der Waals surface area contributed by atoms with Crippen molar-refractivity contribution in [3.8, 4) is 0 Å². The second-order valence-electron chi connectivity index (χ2n) is 6.12. The first-order valence-corrected chi connectivity index (χ1v) is 8.81. The van der Waals surface area contributed by atoms with Crippen LogP contribution in [0.15, 0.2) is 30.3 Å². The third-order valence-corrected chi connectivity index (χ3v) is 4.09. The van der Waals surface area contributed by atoms with Gasteiger partial charge in [-0.15, -0.1) is 0 Å². The van der Waals surface area contributed by atoms with Crippen LogP contribution in [-0.2, 0) is 16.0 Å². The fraction of sp³-hybridized carbons (Fsp3) is 0.579. The van der Waals surface area contributed by atoms with Crippen LogP contribution in [0.2, 0.25) is 0 Å². The summed E-state index contributed by atoms with van der Waals surface area (Å²) in [5.41, 5.74) is 1.28. The number of unbranched alkanes of at least 4 members (excludes halogenated alkanes) is 3. The first kappa shape index (κ1) is 20.2. The SMILES string of the molecule is CN[C@@H](CCC(=O)NCCCCCCC(=O)O)Cc1ccccc1. The lowest BCUT2D eigenvalue weighted by atomic mass is 10.0. The lowest BCUT2D eigenvalue weighted by molar-refractivity contribution is -0.137. The van der Waals surface area contributed by atoms with Gasteiger partial charge < -0.3 is 15.7 Å². The summed E-state index contributed by atoms with van der Waals surface area (Å²) >= 11 is 0. The zero-order valence-electron chi connectivity index (χ0n) is 14.6. The molecule has 0 aliphatic carbocycles. The monoisotopic (exact) mass is 334 g/mol. The minimum absolute atomic E-state index is 0.0915. The van der Waals surface area contributed by atoms with Gasteiger partial charge in [0.2, 0.25) is 5.91 Å². The van der Waals surface area contributed by atoms with Gasteiger partial charge in [-0.25, -0.2) is 0 Å². The van der Waals surface area contributed by atoms with E-state index in [1.165, 1.54) is 5.56 Å². The number of hydrogen-bond acceptors (Lipinski definition) is 3. The Morgan fingerprint density at radius 1 is 1.04 bits per heavy atom. The number of amides is 1. The molecule has 134 valence electrons. The second-order valence-corrected chi connectivity index (χ2v) is 6.12. The van der Waals surface area contributed by atoms with E-state index in [4.69, 9.17) is 5.11 Å². The maximum Gasteiger partial charge on any atom is 0.303 e. The predicted molar refractivity (Wildman–Crippen MR) is 96.0 cm³/mol. The van der Waals surface area contributed by atoms with E-state index in [9.17, 15) is 9.59 Å². The molecule has 24 heavy (non-hydrogen) atoms. The van der Waals surface area contributed by atoms with E-state index in [-0.39, 0.29) is 12.3 Å². The minimum atomic E-state index is -0.738. The number of rotatable bonds is 13. The van der Waals surface area contributed by atoms with Crippen molar-refractivity contribution in [1.82, 2.24) is 10.6 Å². The summed E-state index contributed by atoms with van der Waals surface area (Å²) in [4.78, 5) is 22.3. The molecule has 0 aromatic heterocycles. The molecule has 0 fully saturated rings. The van der Waals surface area contributed by atoms with Crippen LogP contribution in [0.4, 0.5) is 0 Å². The Bertz CT molecular complexity index is 477. The average molecular weight is 334 g/mol. The quantitative estimate of drug-likeness (QED) is 0.485. The molecule has 0 saturated heterocycles. The Labute approximate surface area is 144 Å². The van der Waals surface area contributed by atoms with Crippen LogP contribution in [0.1, 0.15) is 50.5 Å². The Morgan fingerprint density at radius 2 is 1.75 bits per heavy atom. The van der Waals surface area contributed by atoms with Crippen LogP contribution in [0.5, 0.6) is 0 Å². The number of likely N-dealkylation sites (N-methyl/N-ethyl adjacent to an activating group) is 1. The number of carbonyl (C=O) groups excluding carboxylic acids is 1. The summed E-state index contributed by atoms with van der Waals surface area (Å²) in [5, 5.41) is 14.8. The molecule has 0 heterocycles. The Balaban J connectivity index is 2.08. The number of hydrogen-bond donors (Lipinski definition) is 3. The number of benzene rings is 1. The molecule has 0 unspecified atom stereocenters. The molecule has 0 saturated carbocycles. The van der Waals surface area contributed by atoms with E-state index in [1.54, 1.807) is 0 Å². The minimum Gasteiger partial charge on any atom is -0.481 e. The first-order valence-electron chi connectivity index (χ1n) is 8.81. The Kier molecular flexibility index (Phi) is 10.5. The van der Waals surface area contributed by atoms with Crippen molar-refractivity contribution in [2.45, 2.75) is 57.4 Å². The van der Waals surface area contributed by atoms with Gasteiger partial charge in [0.15, 0.2) is 0 Å². The normalized spacial score (nSPS) is 11.9. The van der Waals surface area contributed by atoms with Crippen molar-refractivity contribution in [1.29, 1.82) is 0 Å². The predicted octanol–water partition coefficient (Wildman–Crippen LogP) is 2.75. The van der Waals surface area contributed by atoms with E-state index in [2.05, 4.69) is 22.8 Å². The highest BCUT2D eigenvalue weighted by molar-refractivity contribution is 5.75. The number of aliphatic carboxylic acids is 1. The fourth-order valence-corrected chi connectivity index (χ4v) is 2.62. The van der Waals surface area contributed by atoms with Crippen LogP contribution in [0.25, 0.3) is 0 Å². The third-order valence-electron chi connectivity index (χ3n) is 4.09. The molecule has 0 aliphatic rings. The smallest absolute Gasteiger partial charge is 0.303 e. The Hall–Kier alpha value is -1.88. The van der Waals surface area contributed by atoms with Crippen molar-refractivity contribution >= 4 is 11.9 Å². The van der Waals surface area contributed by atoms with Crippen molar-refractivity contribution < 1.29 is 14.7 Å². The molecule has 0 bridgehead atoms. The molecule has 1 rings (SSSR count). The van der Waals surface area contributed by atoms with Crippen LogP contribution >= 0.6 is 0 Å². The molecule has 5 nitrogen and oxygen atoms in total. The number of carbonyl (C=O) groups is 2. The molecule has 1 atom stereocenters. The molecule has 1 aromatic carbocycles. The number of carboxylic acid groups (broad SMARTS) is 1. The standard InChI is InChI=1S/C19H30N2O3/c1-20-17(15-16-9-5-4-6-10-16)12-13-18(22)21-14-8-3-2-7-11-19(23)24/h4-6,9-10,17,20H,2-3,7-8,11-15H2,1H3,(H,21,22)(H,23,24)/t17-/m0/s1. The van der Waals surface area contributed by atoms with E-state index >= 15 is 0 Å². The average Bonchev–Trinajstić information content (AvgIpc) is 2.58. The Morgan fingerprint density at radius 3 is 2.42 bits per heavy atom. The van der Waals surface area contributed by atoms with Crippen LogP contribution < -0.4 is 10.6 Å². The van der Waals surface area contributed by atoms with E-state index in [0.717, 1.165) is 32.1 Å². The van der Waals surface area contributed by atoms with Crippen LogP contribution in [0, 0.1) is 0 Å². The summed E-state index contributed by atoms with van der Waals surface area (Å²) in [6, 6.07) is 10.6. The topological polar surface area (TPSA) is 78.4 Å². The van der Waals surface area contributed by atoms with Gasteiger partial charge in [-0.05, 0) is 38.3 Å². The summed E-state index contributed by atoms with van der Waals surface area (Å²) in [6.07, 6.45) is 5.99. The molecular weight excluding hydrogens is 304 g/mol. The highest BCUT2D eigenvalue weighted by Gasteiger charge is 2.10. The van der Waals surface area contributed by atoms with Crippen molar-refractivity contribution in [3.05, 3.63) is 35.9 Å². The molecule has 0 spiro atoms. The summed E-state index contributed by atoms with van der Waals surface area (Å²) in [6.45, 7) is 0.675. The van der Waals surface area contributed by atoms with Gasteiger partial charge in [0.05, 0.1) is 0 Å². The number of carboxylic acids is 1. The summed E-state index contributed by atoms with van der Waals surface area (Å²) < 4.78 is 0. The zero-order chi connectivity index (χ0) is 17.6. The van der Waals surface area contributed by atoms with Gasteiger partial charge >= 0.3 is 5.97 Å². The molecule has 0 aliphatic heterocycles. The maximum absolute atomic E-state index is 11.9. The van der Waals surface area contributed by atoms with Gasteiger partial charge in [-0.1, -0.05) is 43.2 Å². The van der Waals surface area contributed by atoms with Crippen molar-refractivity contribution in [2.24, 2.45) is 0 Å². The molecule has 0 radical (unpaired) electrons. The third kappa shape index (κ3) is 10.0. The van der Waals surface area contributed by atoms with Crippen LogP contribution in [0.3, 0.4) is 0 Å². The highest BCUT2D eigenvalue weighted by Crippen LogP contribution is 2.07. The van der Waals surface area contributed by atoms with E-state index in [0.29, 0.717) is 25.4 Å². The molecule has 5 heteroatoms. The molecule has 1 amide bonds. The highest BCUT2D eigenvalue weighted by atomic mass is 16.4. The molecule has 3 N–H and O–H groups in total. The number of nitrogens with one attached hydrogen (secondary N) is 2. The van der Waals surface area contributed by atoms with Crippen molar-refractivity contribution in [3.63, 3.8) is 0 Å². The summed E-state index contributed by atoms with van der Waals surface area (Å²) in [7, 11) is 1.93. The first-order chi connectivity index (χ1) is 11.6. The van der Waals surface area contributed by atoms with Gasteiger partial charge in [-0.3, -0.25) is 9.59 Å². The van der Waals surface area contributed by atoms with E-state index in [1.807, 2.05) is 25.2 Å². The largest absolute Gasteiger partial charge is 0.481 e. The molecule has 1 aromatic rings. The van der Waals surface area contributed by atoms with Gasteiger partial charge in [0, 0.05) is 25.4 Å². The maximum atomic E-state index is 11.9. The lowest BCUT2D eigenvalue weighted by Crippen LogP contribution is -2.31.